The summed E-state index contributed by atoms with van der Waals surface area (Å²) in [6.45, 7) is 4.51. The second kappa shape index (κ2) is 4.79. The molecule has 0 radical (unpaired) electrons. The Balaban J connectivity index is 2.10. The van der Waals surface area contributed by atoms with Gasteiger partial charge in [0.15, 0.2) is 0 Å². The van der Waals surface area contributed by atoms with Crippen LogP contribution in [-0.4, -0.2) is 10.7 Å². The zero-order chi connectivity index (χ0) is 11.8. The molecule has 2 atom stereocenters. The highest BCUT2D eigenvalue weighted by molar-refractivity contribution is 9.10. The lowest BCUT2D eigenvalue weighted by Gasteiger charge is -2.39. The van der Waals surface area contributed by atoms with E-state index in [2.05, 4.69) is 41.2 Å². The molecule has 2 rings (SSSR count). The quantitative estimate of drug-likeness (QED) is 0.866. The summed E-state index contributed by atoms with van der Waals surface area (Å²) in [4.78, 5) is 1.28. The van der Waals surface area contributed by atoms with Crippen LogP contribution in [0, 0.1) is 11.8 Å². The van der Waals surface area contributed by atoms with Crippen molar-refractivity contribution in [3.05, 3.63) is 20.8 Å². The van der Waals surface area contributed by atoms with Crippen molar-refractivity contribution in [1.29, 1.82) is 0 Å². The molecule has 0 saturated heterocycles. The minimum Gasteiger partial charge on any atom is -0.389 e. The van der Waals surface area contributed by atoms with Crippen molar-refractivity contribution in [2.75, 3.05) is 0 Å². The van der Waals surface area contributed by atoms with Crippen LogP contribution in [0.5, 0.6) is 0 Å². The van der Waals surface area contributed by atoms with Gasteiger partial charge in [-0.05, 0) is 58.5 Å². The molecule has 0 aromatic carbocycles. The largest absolute Gasteiger partial charge is 0.389 e. The number of aliphatic hydroxyl groups is 1. The lowest BCUT2D eigenvalue weighted by Crippen LogP contribution is -2.39. The van der Waals surface area contributed by atoms with Crippen LogP contribution in [0.4, 0.5) is 0 Å². The van der Waals surface area contributed by atoms with Crippen molar-refractivity contribution >= 4 is 27.3 Å². The van der Waals surface area contributed by atoms with Gasteiger partial charge in [-0.25, -0.2) is 0 Å². The lowest BCUT2D eigenvalue weighted by molar-refractivity contribution is -0.0299. The number of halogens is 1. The van der Waals surface area contributed by atoms with Crippen LogP contribution in [0.3, 0.4) is 0 Å². The molecular formula is C13H19BrOS. The van der Waals surface area contributed by atoms with Crippen LogP contribution in [0.25, 0.3) is 0 Å². The van der Waals surface area contributed by atoms with E-state index in [0.29, 0.717) is 11.8 Å². The van der Waals surface area contributed by atoms with Gasteiger partial charge in [0.05, 0.1) is 5.60 Å². The molecule has 1 aromatic heterocycles. The van der Waals surface area contributed by atoms with Gasteiger partial charge >= 0.3 is 0 Å². The summed E-state index contributed by atoms with van der Waals surface area (Å²) in [6.07, 6.45) is 3.96. The van der Waals surface area contributed by atoms with Gasteiger partial charge in [0.1, 0.15) is 0 Å². The van der Waals surface area contributed by atoms with Gasteiger partial charge in [-0.15, -0.1) is 11.3 Å². The van der Waals surface area contributed by atoms with E-state index in [1.165, 1.54) is 11.3 Å². The topological polar surface area (TPSA) is 20.2 Å². The summed E-state index contributed by atoms with van der Waals surface area (Å²) in [6, 6.07) is 2.07. The van der Waals surface area contributed by atoms with Crippen molar-refractivity contribution in [1.82, 2.24) is 0 Å². The van der Waals surface area contributed by atoms with E-state index in [0.717, 1.165) is 23.7 Å². The lowest BCUT2D eigenvalue weighted by atomic mass is 9.72. The maximum Gasteiger partial charge on any atom is 0.0701 e. The molecule has 0 bridgehead atoms. The molecule has 0 spiro atoms. The fraction of sp³-hybridized carbons (Fsp3) is 0.692. The SMILES string of the molecule is CC1CC(C)CC(O)(Cc2sccc2Br)C1. The second-order valence-corrected chi connectivity index (χ2v) is 7.30. The van der Waals surface area contributed by atoms with Crippen LogP contribution in [0.1, 0.15) is 38.0 Å². The summed E-state index contributed by atoms with van der Waals surface area (Å²) in [5.74, 6) is 1.29. The van der Waals surface area contributed by atoms with Crippen LogP contribution >= 0.6 is 27.3 Å². The fourth-order valence-electron chi connectivity index (χ4n) is 3.13. The number of rotatable bonds is 2. The van der Waals surface area contributed by atoms with Crippen molar-refractivity contribution in [3.63, 3.8) is 0 Å². The number of hydrogen-bond acceptors (Lipinski definition) is 2. The zero-order valence-electron chi connectivity index (χ0n) is 9.87. The molecule has 1 N–H and O–H groups in total. The summed E-state index contributed by atoms with van der Waals surface area (Å²) in [5, 5.41) is 12.8. The van der Waals surface area contributed by atoms with Gasteiger partial charge in [0, 0.05) is 15.8 Å². The predicted molar refractivity (Wildman–Crippen MR) is 72.9 cm³/mol. The van der Waals surface area contributed by atoms with Gasteiger partial charge in [0.2, 0.25) is 0 Å². The average Bonchev–Trinajstić information content (AvgIpc) is 2.48. The summed E-state index contributed by atoms with van der Waals surface area (Å²) in [7, 11) is 0. The first-order valence-corrected chi connectivity index (χ1v) is 7.60. The molecule has 16 heavy (non-hydrogen) atoms. The van der Waals surface area contributed by atoms with Gasteiger partial charge in [-0.2, -0.15) is 0 Å². The molecule has 0 amide bonds. The summed E-state index contributed by atoms with van der Waals surface area (Å²) in [5.41, 5.74) is -0.482. The molecule has 1 fully saturated rings. The first-order valence-electron chi connectivity index (χ1n) is 5.93. The highest BCUT2D eigenvalue weighted by Crippen LogP contribution is 2.39. The van der Waals surface area contributed by atoms with E-state index in [4.69, 9.17) is 0 Å². The Bertz CT molecular complexity index is 351. The van der Waals surface area contributed by atoms with E-state index in [1.807, 2.05) is 0 Å². The summed E-state index contributed by atoms with van der Waals surface area (Å²) < 4.78 is 1.15. The van der Waals surface area contributed by atoms with Crippen molar-refractivity contribution in [2.24, 2.45) is 11.8 Å². The smallest absolute Gasteiger partial charge is 0.0701 e. The Morgan fingerprint density at radius 1 is 1.44 bits per heavy atom. The van der Waals surface area contributed by atoms with Crippen LogP contribution in [0.15, 0.2) is 15.9 Å². The Kier molecular flexibility index (Phi) is 3.77. The van der Waals surface area contributed by atoms with E-state index in [1.54, 1.807) is 11.3 Å². The highest BCUT2D eigenvalue weighted by Gasteiger charge is 2.36. The minimum absolute atomic E-state index is 0.482. The van der Waals surface area contributed by atoms with Crippen molar-refractivity contribution in [2.45, 2.75) is 45.1 Å². The molecule has 1 aromatic rings. The van der Waals surface area contributed by atoms with E-state index < -0.39 is 5.60 Å². The molecule has 1 aliphatic carbocycles. The minimum atomic E-state index is -0.482. The molecule has 3 heteroatoms. The Hall–Kier alpha value is 0.140. The second-order valence-electron chi connectivity index (χ2n) is 5.45. The molecule has 90 valence electrons. The predicted octanol–water partition coefficient (Wildman–Crippen LogP) is 4.24. The molecule has 1 heterocycles. The maximum absolute atomic E-state index is 10.7. The maximum atomic E-state index is 10.7. The fourth-order valence-corrected chi connectivity index (χ4v) is 4.76. The summed E-state index contributed by atoms with van der Waals surface area (Å²) >= 11 is 5.28. The zero-order valence-corrected chi connectivity index (χ0v) is 12.3. The van der Waals surface area contributed by atoms with Gasteiger partial charge in [0.25, 0.3) is 0 Å². The molecule has 1 saturated carbocycles. The Labute approximate surface area is 110 Å². The molecular weight excluding hydrogens is 284 g/mol. The number of thiophene rings is 1. The third-order valence-electron chi connectivity index (χ3n) is 3.44. The monoisotopic (exact) mass is 302 g/mol. The Morgan fingerprint density at radius 3 is 2.56 bits per heavy atom. The standard InChI is InChI=1S/C13H19BrOS/c1-9-5-10(2)7-13(15,6-9)8-12-11(14)3-4-16-12/h3-4,9-10,15H,5-8H2,1-2H3. The van der Waals surface area contributed by atoms with Crippen LogP contribution < -0.4 is 0 Å². The highest BCUT2D eigenvalue weighted by atomic mass is 79.9. The van der Waals surface area contributed by atoms with Gasteiger partial charge in [-0.3, -0.25) is 0 Å². The molecule has 0 aliphatic heterocycles. The van der Waals surface area contributed by atoms with E-state index in [-0.39, 0.29) is 0 Å². The van der Waals surface area contributed by atoms with Crippen molar-refractivity contribution in [3.8, 4) is 0 Å². The first-order chi connectivity index (χ1) is 7.48. The van der Waals surface area contributed by atoms with Crippen LogP contribution in [-0.2, 0) is 6.42 Å². The van der Waals surface area contributed by atoms with Crippen molar-refractivity contribution < 1.29 is 5.11 Å². The average molecular weight is 303 g/mol. The third-order valence-corrected chi connectivity index (χ3v) is 5.37. The third kappa shape index (κ3) is 2.88. The van der Waals surface area contributed by atoms with Gasteiger partial charge in [-0.1, -0.05) is 13.8 Å². The normalized spacial score (nSPS) is 35.2. The van der Waals surface area contributed by atoms with E-state index >= 15 is 0 Å². The number of hydrogen-bond donors (Lipinski definition) is 1. The first kappa shape index (κ1) is 12.6. The van der Waals surface area contributed by atoms with E-state index in [9.17, 15) is 5.11 Å². The van der Waals surface area contributed by atoms with Gasteiger partial charge < -0.3 is 5.11 Å². The molecule has 2 unspecified atom stereocenters. The van der Waals surface area contributed by atoms with Crippen LogP contribution in [0.2, 0.25) is 0 Å². The molecule has 1 nitrogen and oxygen atoms in total. The Morgan fingerprint density at radius 2 is 2.06 bits per heavy atom. The molecule has 1 aliphatic rings.